The van der Waals surface area contributed by atoms with Gasteiger partial charge in [-0.15, -0.1) is 12.4 Å². The number of rotatable bonds is 0. The van der Waals surface area contributed by atoms with Crippen molar-refractivity contribution in [2.45, 2.75) is 25.8 Å². The largest absolute Gasteiger partial charge is 0.312 e. The second-order valence-electron chi connectivity index (χ2n) is 4.26. The molecule has 0 aliphatic carbocycles. The molecule has 1 nitrogen and oxygen atoms in total. The first-order valence-corrected chi connectivity index (χ1v) is 5.39. The minimum absolute atomic E-state index is 0. The average molecular weight is 277 g/mol. The zero-order valence-corrected chi connectivity index (χ0v) is 10.8. The summed E-state index contributed by atoms with van der Waals surface area (Å²) in [6, 6.07) is 6.44. The maximum absolute atomic E-state index is 3.63. The van der Waals surface area contributed by atoms with Gasteiger partial charge in [-0.05, 0) is 17.2 Å². The van der Waals surface area contributed by atoms with Crippen LogP contribution in [0.15, 0.2) is 22.7 Å². The van der Waals surface area contributed by atoms with E-state index in [1.807, 2.05) is 0 Å². The van der Waals surface area contributed by atoms with E-state index in [-0.39, 0.29) is 17.8 Å². The van der Waals surface area contributed by atoms with Crippen LogP contribution in [0.4, 0.5) is 0 Å². The Balaban J connectivity index is 0.000000980. The van der Waals surface area contributed by atoms with Gasteiger partial charge in [-0.3, -0.25) is 0 Å². The Hall–Kier alpha value is -0.0500. The highest BCUT2D eigenvalue weighted by Crippen LogP contribution is 2.34. The summed E-state index contributed by atoms with van der Waals surface area (Å²) < 4.78 is 1.25. The fourth-order valence-electron chi connectivity index (χ4n) is 2.07. The lowest BCUT2D eigenvalue weighted by Gasteiger charge is -2.34. The summed E-state index contributed by atoms with van der Waals surface area (Å²) in [5.74, 6) is 0. The minimum atomic E-state index is 0. The van der Waals surface area contributed by atoms with Crippen molar-refractivity contribution in [2.24, 2.45) is 0 Å². The van der Waals surface area contributed by atoms with Crippen LogP contribution in [0.3, 0.4) is 0 Å². The van der Waals surface area contributed by atoms with E-state index in [1.54, 1.807) is 0 Å². The van der Waals surface area contributed by atoms with E-state index < -0.39 is 0 Å². The Morgan fingerprint density at radius 1 is 1.36 bits per heavy atom. The second-order valence-corrected chi connectivity index (χ2v) is 5.12. The first-order valence-electron chi connectivity index (χ1n) is 4.60. The summed E-state index contributed by atoms with van der Waals surface area (Å²) in [5.41, 5.74) is 3.13. The molecule has 14 heavy (non-hydrogen) atoms. The summed E-state index contributed by atoms with van der Waals surface area (Å²) in [7, 11) is 0. The summed E-state index contributed by atoms with van der Waals surface area (Å²) in [4.78, 5) is 0. The van der Waals surface area contributed by atoms with Crippen LogP contribution >= 0.6 is 28.3 Å². The topological polar surface area (TPSA) is 12.0 Å². The monoisotopic (exact) mass is 275 g/mol. The van der Waals surface area contributed by atoms with Gasteiger partial charge in [0.2, 0.25) is 0 Å². The highest BCUT2D eigenvalue weighted by Gasteiger charge is 2.28. The van der Waals surface area contributed by atoms with E-state index >= 15 is 0 Å². The highest BCUT2D eigenvalue weighted by atomic mass is 79.9. The van der Waals surface area contributed by atoms with Crippen molar-refractivity contribution in [1.29, 1.82) is 0 Å². The van der Waals surface area contributed by atoms with Crippen LogP contribution in [0, 0.1) is 0 Å². The lowest BCUT2D eigenvalue weighted by atomic mass is 9.79. The standard InChI is InChI=1S/C11H14BrN.ClH/c1-11(2)7-13-6-8-4-3-5-9(12)10(8)11;/h3-5,13H,6-7H2,1-2H3;1H. The first kappa shape index (κ1) is 12.0. The summed E-state index contributed by atoms with van der Waals surface area (Å²) in [6.45, 7) is 6.62. The Labute approximate surface area is 99.8 Å². The predicted octanol–water partition coefficient (Wildman–Crippen LogP) is 3.25. The van der Waals surface area contributed by atoms with Crippen LogP contribution in [0.2, 0.25) is 0 Å². The highest BCUT2D eigenvalue weighted by molar-refractivity contribution is 9.10. The third kappa shape index (κ3) is 1.97. The lowest BCUT2D eigenvalue weighted by Crippen LogP contribution is -2.38. The molecule has 0 amide bonds. The molecule has 3 heteroatoms. The fraction of sp³-hybridized carbons (Fsp3) is 0.455. The van der Waals surface area contributed by atoms with Crippen LogP contribution in [-0.2, 0) is 12.0 Å². The Bertz CT molecular complexity index is 336. The number of halogens is 2. The summed E-state index contributed by atoms with van der Waals surface area (Å²) in [6.07, 6.45) is 0. The van der Waals surface area contributed by atoms with E-state index in [1.165, 1.54) is 15.6 Å². The van der Waals surface area contributed by atoms with Gasteiger partial charge in [0.25, 0.3) is 0 Å². The van der Waals surface area contributed by atoms with Gasteiger partial charge in [-0.25, -0.2) is 0 Å². The molecule has 0 bridgehead atoms. The number of fused-ring (bicyclic) bond motifs is 1. The normalized spacial score (nSPS) is 18.2. The molecule has 0 aromatic heterocycles. The summed E-state index contributed by atoms with van der Waals surface area (Å²) >= 11 is 3.63. The van der Waals surface area contributed by atoms with Gasteiger partial charge in [-0.2, -0.15) is 0 Å². The molecule has 0 atom stereocenters. The molecule has 0 saturated heterocycles. The van der Waals surface area contributed by atoms with E-state index in [2.05, 4.69) is 53.3 Å². The molecule has 0 fully saturated rings. The van der Waals surface area contributed by atoms with Crippen molar-refractivity contribution in [1.82, 2.24) is 5.32 Å². The average Bonchev–Trinajstić information content (AvgIpc) is 2.02. The molecule has 78 valence electrons. The lowest BCUT2D eigenvalue weighted by molar-refractivity contribution is 0.433. The van der Waals surface area contributed by atoms with E-state index in [9.17, 15) is 0 Å². The number of nitrogens with one attached hydrogen (secondary N) is 1. The molecule has 0 saturated carbocycles. The molecule has 1 aromatic carbocycles. The van der Waals surface area contributed by atoms with Crippen LogP contribution in [-0.4, -0.2) is 6.54 Å². The van der Waals surface area contributed by atoms with Crippen LogP contribution in [0.1, 0.15) is 25.0 Å². The predicted molar refractivity (Wildman–Crippen MR) is 66.1 cm³/mol. The van der Waals surface area contributed by atoms with Gasteiger partial charge in [0.1, 0.15) is 0 Å². The zero-order valence-electron chi connectivity index (χ0n) is 8.43. The van der Waals surface area contributed by atoms with Gasteiger partial charge in [-0.1, -0.05) is 41.9 Å². The maximum atomic E-state index is 3.63. The molecule has 1 aliphatic rings. The third-order valence-corrected chi connectivity index (χ3v) is 3.32. The number of benzene rings is 1. The van der Waals surface area contributed by atoms with Crippen molar-refractivity contribution in [3.8, 4) is 0 Å². The first-order chi connectivity index (χ1) is 6.11. The molecule has 1 heterocycles. The van der Waals surface area contributed by atoms with E-state index in [0.29, 0.717) is 0 Å². The SMILES string of the molecule is CC1(C)CNCc2cccc(Br)c21.Cl. The Kier molecular flexibility index (Phi) is 3.62. The fourth-order valence-corrected chi connectivity index (χ4v) is 3.02. The van der Waals surface area contributed by atoms with Crippen molar-refractivity contribution in [3.63, 3.8) is 0 Å². The van der Waals surface area contributed by atoms with Gasteiger partial charge in [0, 0.05) is 23.0 Å². The Morgan fingerprint density at radius 3 is 2.71 bits per heavy atom. The molecule has 1 N–H and O–H groups in total. The molecular weight excluding hydrogens is 261 g/mol. The second kappa shape index (κ2) is 4.21. The van der Waals surface area contributed by atoms with Gasteiger partial charge in [0.15, 0.2) is 0 Å². The molecule has 1 aliphatic heterocycles. The van der Waals surface area contributed by atoms with Crippen LogP contribution in [0.5, 0.6) is 0 Å². The van der Waals surface area contributed by atoms with Crippen molar-refractivity contribution < 1.29 is 0 Å². The third-order valence-electron chi connectivity index (χ3n) is 2.66. The van der Waals surface area contributed by atoms with Crippen LogP contribution < -0.4 is 5.32 Å². The van der Waals surface area contributed by atoms with E-state index in [4.69, 9.17) is 0 Å². The van der Waals surface area contributed by atoms with Crippen molar-refractivity contribution in [2.75, 3.05) is 6.54 Å². The molecule has 0 radical (unpaired) electrons. The van der Waals surface area contributed by atoms with Crippen molar-refractivity contribution >= 4 is 28.3 Å². The van der Waals surface area contributed by atoms with Crippen LogP contribution in [0.25, 0.3) is 0 Å². The van der Waals surface area contributed by atoms with Crippen molar-refractivity contribution in [3.05, 3.63) is 33.8 Å². The minimum Gasteiger partial charge on any atom is -0.312 e. The number of hydrogen-bond donors (Lipinski definition) is 1. The maximum Gasteiger partial charge on any atom is 0.0216 e. The quantitative estimate of drug-likeness (QED) is 0.767. The molecule has 2 rings (SSSR count). The zero-order chi connectivity index (χ0) is 9.47. The Morgan fingerprint density at radius 2 is 2.07 bits per heavy atom. The smallest absolute Gasteiger partial charge is 0.0216 e. The van der Waals surface area contributed by atoms with Gasteiger partial charge < -0.3 is 5.32 Å². The van der Waals surface area contributed by atoms with E-state index in [0.717, 1.165) is 13.1 Å². The number of hydrogen-bond acceptors (Lipinski definition) is 1. The van der Waals surface area contributed by atoms with Gasteiger partial charge in [0.05, 0.1) is 0 Å². The molecule has 0 spiro atoms. The summed E-state index contributed by atoms with van der Waals surface area (Å²) in [5, 5.41) is 3.44. The van der Waals surface area contributed by atoms with Gasteiger partial charge >= 0.3 is 0 Å². The molecule has 1 aromatic rings. The molecule has 0 unspecified atom stereocenters. The molecular formula is C11H15BrClN.